The molecule has 1 unspecified atom stereocenters. The molecule has 1 fully saturated rings. The van der Waals surface area contributed by atoms with Crippen LogP contribution in [0.1, 0.15) is 25.3 Å². The summed E-state index contributed by atoms with van der Waals surface area (Å²) in [5, 5.41) is 0. The summed E-state index contributed by atoms with van der Waals surface area (Å²) in [4.78, 5) is 4.18. The Morgan fingerprint density at radius 1 is 1.47 bits per heavy atom. The second-order valence-corrected chi connectivity index (χ2v) is 5.85. The SMILES string of the molecule is CCOC1(C(N)Cc2cncc(Br)c2)CCOCC1. The summed E-state index contributed by atoms with van der Waals surface area (Å²) in [5.41, 5.74) is 7.31. The average molecular weight is 329 g/mol. The van der Waals surface area contributed by atoms with E-state index in [1.54, 1.807) is 6.20 Å². The summed E-state index contributed by atoms with van der Waals surface area (Å²) >= 11 is 3.44. The monoisotopic (exact) mass is 328 g/mol. The molecule has 2 N–H and O–H groups in total. The molecule has 2 rings (SSSR count). The van der Waals surface area contributed by atoms with Gasteiger partial charge >= 0.3 is 0 Å². The van der Waals surface area contributed by atoms with E-state index in [0.717, 1.165) is 42.5 Å². The van der Waals surface area contributed by atoms with Crippen molar-refractivity contribution in [1.82, 2.24) is 4.98 Å². The van der Waals surface area contributed by atoms with Crippen molar-refractivity contribution in [2.75, 3.05) is 19.8 Å². The third-order valence-electron chi connectivity index (χ3n) is 3.66. The predicted octanol–water partition coefficient (Wildman–Crippen LogP) is 2.30. The largest absolute Gasteiger partial charge is 0.381 e. The number of ether oxygens (including phenoxy) is 2. The third-order valence-corrected chi connectivity index (χ3v) is 4.10. The fourth-order valence-corrected chi connectivity index (χ4v) is 3.05. The van der Waals surface area contributed by atoms with Crippen molar-refractivity contribution in [3.8, 4) is 0 Å². The highest BCUT2D eigenvalue weighted by Gasteiger charge is 2.39. The lowest BCUT2D eigenvalue weighted by Crippen LogP contribution is -2.54. The molecule has 5 heteroatoms. The molecule has 1 aromatic heterocycles. The second-order valence-electron chi connectivity index (χ2n) is 4.93. The van der Waals surface area contributed by atoms with Crippen LogP contribution in [-0.2, 0) is 15.9 Å². The van der Waals surface area contributed by atoms with Crippen molar-refractivity contribution < 1.29 is 9.47 Å². The van der Waals surface area contributed by atoms with E-state index >= 15 is 0 Å². The number of hydrogen-bond acceptors (Lipinski definition) is 4. The van der Waals surface area contributed by atoms with Crippen molar-refractivity contribution in [2.24, 2.45) is 5.73 Å². The zero-order chi connectivity index (χ0) is 13.7. The molecule has 0 aliphatic carbocycles. The Kier molecular flexibility index (Phi) is 5.33. The van der Waals surface area contributed by atoms with Gasteiger partial charge in [-0.3, -0.25) is 4.98 Å². The average Bonchev–Trinajstić information content (AvgIpc) is 2.40. The molecule has 2 heterocycles. The molecule has 0 radical (unpaired) electrons. The van der Waals surface area contributed by atoms with Crippen molar-refractivity contribution in [2.45, 2.75) is 37.8 Å². The molecule has 4 nitrogen and oxygen atoms in total. The lowest BCUT2D eigenvalue weighted by molar-refractivity contribution is -0.120. The van der Waals surface area contributed by atoms with Crippen LogP contribution in [-0.4, -0.2) is 36.4 Å². The van der Waals surface area contributed by atoms with Crippen molar-refractivity contribution >= 4 is 15.9 Å². The van der Waals surface area contributed by atoms with Crippen molar-refractivity contribution in [1.29, 1.82) is 0 Å². The summed E-state index contributed by atoms with van der Waals surface area (Å²) in [6.45, 7) is 4.16. The molecule has 1 atom stereocenters. The Balaban J connectivity index is 2.08. The molecular formula is C14H21BrN2O2. The molecule has 1 aliphatic heterocycles. The van der Waals surface area contributed by atoms with Gasteiger partial charge in [-0.15, -0.1) is 0 Å². The first-order valence-electron chi connectivity index (χ1n) is 6.73. The number of aromatic nitrogens is 1. The number of rotatable bonds is 5. The minimum Gasteiger partial charge on any atom is -0.381 e. The summed E-state index contributed by atoms with van der Waals surface area (Å²) in [6.07, 6.45) is 6.14. The highest BCUT2D eigenvalue weighted by Crippen LogP contribution is 2.30. The van der Waals surface area contributed by atoms with E-state index in [-0.39, 0.29) is 11.6 Å². The molecule has 0 spiro atoms. The summed E-state index contributed by atoms with van der Waals surface area (Å²) in [5.74, 6) is 0. The molecule has 1 aliphatic rings. The smallest absolute Gasteiger partial charge is 0.0879 e. The van der Waals surface area contributed by atoms with Gasteiger partial charge in [-0.1, -0.05) is 0 Å². The molecule has 0 bridgehead atoms. The fraction of sp³-hybridized carbons (Fsp3) is 0.643. The first kappa shape index (κ1) is 14.9. The van der Waals surface area contributed by atoms with Crippen molar-refractivity contribution in [3.63, 3.8) is 0 Å². The number of nitrogens with two attached hydrogens (primary N) is 1. The molecule has 1 saturated heterocycles. The Morgan fingerprint density at radius 3 is 2.84 bits per heavy atom. The molecule has 106 valence electrons. The van der Waals surface area contributed by atoms with Crippen LogP contribution >= 0.6 is 15.9 Å². The number of nitrogens with zero attached hydrogens (tertiary/aromatic N) is 1. The number of halogens is 1. The zero-order valence-corrected chi connectivity index (χ0v) is 12.9. The van der Waals surface area contributed by atoms with Crippen molar-refractivity contribution in [3.05, 3.63) is 28.5 Å². The van der Waals surface area contributed by atoms with Crippen LogP contribution in [0.5, 0.6) is 0 Å². The molecule has 1 aromatic rings. The normalized spacial score (nSPS) is 20.2. The van der Waals surface area contributed by atoms with Gasteiger partial charge in [0.25, 0.3) is 0 Å². The third kappa shape index (κ3) is 3.75. The van der Waals surface area contributed by atoms with E-state index in [2.05, 4.69) is 27.0 Å². The summed E-state index contributed by atoms with van der Waals surface area (Å²) in [6, 6.07) is 2.03. The standard InChI is InChI=1S/C14H21BrN2O2/c1-2-19-14(3-5-18-6-4-14)13(16)8-11-7-12(15)10-17-9-11/h7,9-10,13H,2-6,8,16H2,1H3. The van der Waals surface area contributed by atoms with Gasteiger partial charge in [-0.2, -0.15) is 0 Å². The second kappa shape index (κ2) is 6.79. The predicted molar refractivity (Wildman–Crippen MR) is 78.0 cm³/mol. The quantitative estimate of drug-likeness (QED) is 0.901. The van der Waals surface area contributed by atoms with E-state index in [1.165, 1.54) is 0 Å². The molecular weight excluding hydrogens is 308 g/mol. The van der Waals surface area contributed by atoms with E-state index in [4.69, 9.17) is 15.2 Å². The first-order valence-corrected chi connectivity index (χ1v) is 7.52. The van der Waals surface area contributed by atoms with Gasteiger partial charge in [0, 0.05) is 55.6 Å². The topological polar surface area (TPSA) is 57.4 Å². The lowest BCUT2D eigenvalue weighted by atomic mass is 9.83. The van der Waals surface area contributed by atoms with Gasteiger partial charge in [-0.05, 0) is 40.9 Å². The summed E-state index contributed by atoms with van der Waals surface area (Å²) in [7, 11) is 0. The zero-order valence-electron chi connectivity index (χ0n) is 11.3. The van der Waals surface area contributed by atoms with Crippen LogP contribution in [0, 0.1) is 0 Å². The van der Waals surface area contributed by atoms with Crippen LogP contribution in [0.2, 0.25) is 0 Å². The minimum atomic E-state index is -0.255. The maximum absolute atomic E-state index is 6.43. The highest BCUT2D eigenvalue weighted by molar-refractivity contribution is 9.10. The van der Waals surface area contributed by atoms with E-state index in [9.17, 15) is 0 Å². The van der Waals surface area contributed by atoms with Crippen LogP contribution in [0.3, 0.4) is 0 Å². The van der Waals surface area contributed by atoms with Crippen LogP contribution in [0.25, 0.3) is 0 Å². The van der Waals surface area contributed by atoms with Gasteiger partial charge in [-0.25, -0.2) is 0 Å². The van der Waals surface area contributed by atoms with Crippen LogP contribution in [0.15, 0.2) is 22.9 Å². The number of hydrogen-bond donors (Lipinski definition) is 1. The Hall–Kier alpha value is -0.490. The maximum atomic E-state index is 6.43. The molecule has 0 saturated carbocycles. The van der Waals surface area contributed by atoms with Gasteiger partial charge in [0.15, 0.2) is 0 Å². The van der Waals surface area contributed by atoms with Gasteiger partial charge < -0.3 is 15.2 Å². The van der Waals surface area contributed by atoms with E-state index in [0.29, 0.717) is 6.61 Å². The molecule has 0 amide bonds. The maximum Gasteiger partial charge on any atom is 0.0879 e. The lowest BCUT2D eigenvalue weighted by Gasteiger charge is -2.41. The van der Waals surface area contributed by atoms with Crippen LogP contribution in [0.4, 0.5) is 0 Å². The first-order chi connectivity index (χ1) is 9.16. The van der Waals surface area contributed by atoms with E-state index in [1.807, 2.05) is 13.1 Å². The minimum absolute atomic E-state index is 0.0348. The fourth-order valence-electron chi connectivity index (χ4n) is 2.63. The van der Waals surface area contributed by atoms with Gasteiger partial charge in [0.1, 0.15) is 0 Å². The number of pyridine rings is 1. The Morgan fingerprint density at radius 2 is 2.21 bits per heavy atom. The van der Waals surface area contributed by atoms with Gasteiger partial charge in [0.2, 0.25) is 0 Å². The molecule has 0 aromatic carbocycles. The Bertz CT molecular complexity index is 403. The van der Waals surface area contributed by atoms with Crippen LogP contribution < -0.4 is 5.73 Å². The molecule has 19 heavy (non-hydrogen) atoms. The Labute approximate surface area is 122 Å². The van der Waals surface area contributed by atoms with Gasteiger partial charge in [0.05, 0.1) is 5.60 Å². The highest BCUT2D eigenvalue weighted by atomic mass is 79.9. The summed E-state index contributed by atoms with van der Waals surface area (Å²) < 4.78 is 12.4. The van der Waals surface area contributed by atoms with E-state index < -0.39 is 0 Å².